The Morgan fingerprint density at radius 3 is 1.11 bits per heavy atom. The zero-order valence-corrected chi connectivity index (χ0v) is 32.5. The van der Waals surface area contributed by atoms with Gasteiger partial charge >= 0.3 is 0 Å². The summed E-state index contributed by atoms with van der Waals surface area (Å²) in [6, 6.07) is 66.7. The van der Waals surface area contributed by atoms with Crippen LogP contribution in [0.2, 0.25) is 0 Å². The van der Waals surface area contributed by atoms with Crippen molar-refractivity contribution < 1.29 is 0 Å². The molecular weight excluding hydrogens is 679 g/mol. The van der Waals surface area contributed by atoms with Crippen LogP contribution in [0.3, 0.4) is 0 Å². The van der Waals surface area contributed by atoms with Crippen LogP contribution in [-0.4, -0.2) is 24.3 Å². The van der Waals surface area contributed by atoms with E-state index in [0.29, 0.717) is 12.0 Å². The smallest absolute Gasteiger partial charge is 0.0950 e. The first kappa shape index (κ1) is 37.6. The quantitative estimate of drug-likeness (QED) is 0.0916. The standard InChI is InChI=1S/C53H55N3/c1-7-26-43(27-8-1)52(44-28-9-2-10-29-44,45-30-11-3-12-31-45)55-49-38-20-19-24-42(49)25-23-41-54-50-39-21-22-40-51(50)56-53(46-32-13-4-14-33-46,47-34-15-5-16-35-47)48-36-17-6-18-37-48/h1-18,23,25-37,41-42,49-51,55-56H,19-22,24,38-40H2/b25-23+,54-41?/t42?,49-,50?,51-/m1/s1. The summed E-state index contributed by atoms with van der Waals surface area (Å²) >= 11 is 0. The molecule has 0 heterocycles. The highest BCUT2D eigenvalue weighted by molar-refractivity contribution is 5.71. The van der Waals surface area contributed by atoms with Gasteiger partial charge in [0.15, 0.2) is 0 Å². The molecule has 2 aliphatic rings. The Hall–Kier alpha value is -5.35. The van der Waals surface area contributed by atoms with Crippen molar-refractivity contribution in [3.05, 3.63) is 228 Å². The summed E-state index contributed by atoms with van der Waals surface area (Å²) in [6.07, 6.45) is 16.2. The van der Waals surface area contributed by atoms with Gasteiger partial charge in [0.2, 0.25) is 0 Å². The molecule has 0 aromatic heterocycles. The van der Waals surface area contributed by atoms with Gasteiger partial charge in [0, 0.05) is 18.3 Å². The zero-order valence-electron chi connectivity index (χ0n) is 32.5. The van der Waals surface area contributed by atoms with Gasteiger partial charge in [-0.3, -0.25) is 15.6 Å². The fraction of sp³-hybridized carbons (Fsp3) is 0.264. The molecular formula is C53H55N3. The molecule has 0 spiro atoms. The summed E-state index contributed by atoms with van der Waals surface area (Å²) < 4.78 is 0. The van der Waals surface area contributed by atoms with E-state index in [2.05, 4.69) is 211 Å². The second-order valence-corrected chi connectivity index (χ2v) is 15.7. The van der Waals surface area contributed by atoms with E-state index in [1.54, 1.807) is 0 Å². The van der Waals surface area contributed by atoms with E-state index in [0.717, 1.165) is 25.7 Å². The Labute approximate surface area is 334 Å². The average Bonchev–Trinajstić information content (AvgIpc) is 3.29. The predicted molar refractivity (Wildman–Crippen MR) is 234 cm³/mol. The van der Waals surface area contributed by atoms with Crippen molar-refractivity contribution in [2.24, 2.45) is 10.9 Å². The van der Waals surface area contributed by atoms with Crippen LogP contribution in [0.1, 0.15) is 84.7 Å². The van der Waals surface area contributed by atoms with Crippen molar-refractivity contribution >= 4 is 6.21 Å². The number of hydrogen-bond acceptors (Lipinski definition) is 3. The van der Waals surface area contributed by atoms with Gasteiger partial charge in [0.05, 0.1) is 17.1 Å². The maximum absolute atomic E-state index is 5.36. The summed E-state index contributed by atoms with van der Waals surface area (Å²) in [6.45, 7) is 0. The maximum atomic E-state index is 5.36. The van der Waals surface area contributed by atoms with E-state index in [1.807, 2.05) is 0 Å². The largest absolute Gasteiger partial charge is 0.297 e. The zero-order chi connectivity index (χ0) is 37.9. The van der Waals surface area contributed by atoms with Crippen LogP contribution in [0.4, 0.5) is 0 Å². The van der Waals surface area contributed by atoms with Crippen LogP contribution >= 0.6 is 0 Å². The van der Waals surface area contributed by atoms with E-state index >= 15 is 0 Å². The third kappa shape index (κ3) is 7.98. The molecule has 0 bridgehead atoms. The third-order valence-corrected chi connectivity index (χ3v) is 12.3. The lowest BCUT2D eigenvalue weighted by molar-refractivity contribution is 0.262. The molecule has 0 saturated heterocycles. The lowest BCUT2D eigenvalue weighted by Crippen LogP contribution is -2.54. The van der Waals surface area contributed by atoms with Crippen molar-refractivity contribution in [3.63, 3.8) is 0 Å². The minimum atomic E-state index is -0.501. The summed E-state index contributed by atoms with van der Waals surface area (Å²) in [7, 11) is 0. The predicted octanol–water partition coefficient (Wildman–Crippen LogP) is 11.6. The SMILES string of the molecule is C(/C=C/C1CCCC[C@H]1NC(c1ccccc1)(c1ccccc1)c1ccccc1)=NC1CCCC[C@H]1NC(c1ccccc1)(c1ccccc1)c1ccccc1. The van der Waals surface area contributed by atoms with Gasteiger partial charge in [0.1, 0.15) is 0 Å². The topological polar surface area (TPSA) is 36.4 Å². The van der Waals surface area contributed by atoms with Crippen LogP contribution in [-0.2, 0) is 11.1 Å². The van der Waals surface area contributed by atoms with Gasteiger partial charge in [-0.05, 0) is 71.1 Å². The van der Waals surface area contributed by atoms with Gasteiger partial charge in [0.25, 0.3) is 0 Å². The lowest BCUT2D eigenvalue weighted by Gasteiger charge is -2.43. The van der Waals surface area contributed by atoms with Gasteiger partial charge in [-0.25, -0.2) is 0 Å². The molecule has 2 N–H and O–H groups in total. The highest BCUT2D eigenvalue weighted by Crippen LogP contribution is 2.41. The summed E-state index contributed by atoms with van der Waals surface area (Å²) in [5.41, 5.74) is 6.56. The van der Waals surface area contributed by atoms with Gasteiger partial charge in [-0.2, -0.15) is 0 Å². The minimum Gasteiger partial charge on any atom is -0.297 e. The molecule has 3 heteroatoms. The second-order valence-electron chi connectivity index (χ2n) is 15.7. The lowest BCUT2D eigenvalue weighted by atomic mass is 9.74. The molecule has 0 radical (unpaired) electrons. The van der Waals surface area contributed by atoms with Crippen molar-refractivity contribution in [3.8, 4) is 0 Å². The highest BCUT2D eigenvalue weighted by Gasteiger charge is 2.41. The minimum absolute atomic E-state index is 0.186. The molecule has 2 fully saturated rings. The Bertz CT molecular complexity index is 1770. The number of nitrogens with zero attached hydrogens (tertiary/aromatic N) is 1. The molecule has 2 saturated carbocycles. The van der Waals surface area contributed by atoms with E-state index in [1.165, 1.54) is 59.1 Å². The first-order chi connectivity index (χ1) is 27.8. The van der Waals surface area contributed by atoms with Crippen molar-refractivity contribution in [2.45, 2.75) is 80.6 Å². The molecule has 6 aromatic rings. The van der Waals surface area contributed by atoms with Crippen LogP contribution in [0.25, 0.3) is 0 Å². The first-order valence-corrected chi connectivity index (χ1v) is 20.9. The number of hydrogen-bond donors (Lipinski definition) is 2. The van der Waals surface area contributed by atoms with E-state index < -0.39 is 11.1 Å². The van der Waals surface area contributed by atoms with E-state index in [-0.39, 0.29) is 12.1 Å². The Kier molecular flexibility index (Phi) is 12.1. The fourth-order valence-electron chi connectivity index (χ4n) is 9.56. The van der Waals surface area contributed by atoms with Crippen LogP contribution in [0.5, 0.6) is 0 Å². The Morgan fingerprint density at radius 2 is 0.714 bits per heavy atom. The third-order valence-electron chi connectivity index (χ3n) is 12.3. The molecule has 0 aliphatic heterocycles. The van der Waals surface area contributed by atoms with E-state index in [9.17, 15) is 0 Å². The fourth-order valence-corrected chi connectivity index (χ4v) is 9.56. The Balaban J connectivity index is 1.08. The average molecular weight is 734 g/mol. The monoisotopic (exact) mass is 733 g/mol. The molecule has 282 valence electrons. The number of rotatable bonds is 13. The molecule has 8 rings (SSSR count). The summed E-state index contributed by atoms with van der Waals surface area (Å²) in [4.78, 5) is 5.36. The first-order valence-electron chi connectivity index (χ1n) is 20.9. The number of aliphatic imine (C=N–C) groups is 1. The molecule has 56 heavy (non-hydrogen) atoms. The summed E-state index contributed by atoms with van der Waals surface area (Å²) in [5.74, 6) is 0.396. The van der Waals surface area contributed by atoms with Crippen molar-refractivity contribution in [2.75, 3.05) is 0 Å². The van der Waals surface area contributed by atoms with Gasteiger partial charge < -0.3 is 0 Å². The van der Waals surface area contributed by atoms with Crippen molar-refractivity contribution in [1.29, 1.82) is 0 Å². The highest BCUT2D eigenvalue weighted by atomic mass is 15.1. The normalized spacial score (nSPS) is 20.6. The van der Waals surface area contributed by atoms with Crippen LogP contribution in [0, 0.1) is 5.92 Å². The molecule has 3 nitrogen and oxygen atoms in total. The number of benzene rings is 6. The van der Waals surface area contributed by atoms with Gasteiger partial charge in [-0.15, -0.1) is 0 Å². The number of allylic oxidation sites excluding steroid dienone is 1. The molecule has 2 unspecified atom stereocenters. The van der Waals surface area contributed by atoms with E-state index in [4.69, 9.17) is 4.99 Å². The van der Waals surface area contributed by atoms with Crippen molar-refractivity contribution in [1.82, 2.24) is 10.6 Å². The van der Waals surface area contributed by atoms with Gasteiger partial charge in [-0.1, -0.05) is 214 Å². The number of nitrogens with one attached hydrogen (secondary N) is 2. The maximum Gasteiger partial charge on any atom is 0.0950 e. The summed E-state index contributed by atoms with van der Waals surface area (Å²) in [5, 5.41) is 8.62. The van der Waals surface area contributed by atoms with Crippen LogP contribution in [0.15, 0.2) is 199 Å². The second kappa shape index (κ2) is 18.1. The van der Waals surface area contributed by atoms with Crippen LogP contribution < -0.4 is 10.6 Å². The molecule has 6 aromatic carbocycles. The Morgan fingerprint density at radius 1 is 0.393 bits per heavy atom. The molecule has 4 atom stereocenters. The molecule has 2 aliphatic carbocycles. The molecule has 0 amide bonds.